The van der Waals surface area contributed by atoms with Crippen molar-refractivity contribution in [2.75, 3.05) is 18.5 Å². The third-order valence-electron chi connectivity index (χ3n) is 5.79. The third-order valence-corrected chi connectivity index (χ3v) is 16.9. The number of rotatable bonds is 13. The molecule has 0 rings (SSSR count). The molecular formula is C21H46BrOP. The zero-order valence-corrected chi connectivity index (χ0v) is 20.2. The van der Waals surface area contributed by atoms with Gasteiger partial charge in [-0.25, -0.2) is 0 Å². The molecule has 0 saturated carbocycles. The van der Waals surface area contributed by atoms with E-state index < -0.39 is 5.31 Å². The molecule has 0 aliphatic rings. The number of halogens is 1. The van der Waals surface area contributed by atoms with Gasteiger partial charge in [0.1, 0.15) is 0 Å². The van der Waals surface area contributed by atoms with E-state index in [1.54, 1.807) is 0 Å². The van der Waals surface area contributed by atoms with E-state index in [1.807, 2.05) is 0 Å². The number of hydrogen-bond donors (Lipinski definition) is 1. The standard InChI is InChI=1S/C21H46BrOP/c1-8-12-16-24(22,17-13-9-2,18-14-10-3)19(15-11-4)20(23)21(5,6)7/h19-20,23H,8-18H2,1-7H3/t19-,20-/m1/s1. The zero-order chi connectivity index (χ0) is 18.9. The molecule has 3 heteroatoms. The fourth-order valence-corrected chi connectivity index (χ4v) is 14.6. The van der Waals surface area contributed by atoms with Crippen LogP contribution in [-0.2, 0) is 0 Å². The Morgan fingerprint density at radius 2 is 1.17 bits per heavy atom. The molecule has 0 spiro atoms. The van der Waals surface area contributed by atoms with Crippen molar-refractivity contribution in [3.63, 3.8) is 0 Å². The van der Waals surface area contributed by atoms with E-state index in [4.69, 9.17) is 0 Å². The van der Waals surface area contributed by atoms with Crippen LogP contribution in [0.4, 0.5) is 0 Å². The average molecular weight is 425 g/mol. The van der Waals surface area contributed by atoms with Crippen molar-refractivity contribution in [3.05, 3.63) is 0 Å². The van der Waals surface area contributed by atoms with Crippen LogP contribution < -0.4 is 0 Å². The maximum atomic E-state index is 11.4. The summed E-state index contributed by atoms with van der Waals surface area (Å²) >= 11 is 4.53. The summed E-state index contributed by atoms with van der Waals surface area (Å²) in [5.74, 6) is 0. The first kappa shape index (κ1) is 24.9. The van der Waals surface area contributed by atoms with Gasteiger partial charge in [-0.05, 0) is 0 Å². The molecule has 24 heavy (non-hydrogen) atoms. The average Bonchev–Trinajstić information content (AvgIpc) is 2.53. The summed E-state index contributed by atoms with van der Waals surface area (Å²) in [6, 6.07) is 0. The Morgan fingerprint density at radius 1 is 0.792 bits per heavy atom. The summed E-state index contributed by atoms with van der Waals surface area (Å²) in [5, 5.41) is 9.26. The van der Waals surface area contributed by atoms with E-state index >= 15 is 0 Å². The van der Waals surface area contributed by atoms with E-state index in [0.29, 0.717) is 5.66 Å². The van der Waals surface area contributed by atoms with E-state index in [0.717, 1.165) is 0 Å². The number of unbranched alkanes of at least 4 members (excludes halogenated alkanes) is 3. The molecule has 0 radical (unpaired) electrons. The van der Waals surface area contributed by atoms with E-state index in [-0.39, 0.29) is 11.5 Å². The van der Waals surface area contributed by atoms with Crippen LogP contribution in [0.3, 0.4) is 0 Å². The molecule has 0 unspecified atom stereocenters. The van der Waals surface area contributed by atoms with Gasteiger partial charge in [-0.2, -0.15) is 0 Å². The van der Waals surface area contributed by atoms with Gasteiger partial charge in [0.2, 0.25) is 0 Å². The van der Waals surface area contributed by atoms with Crippen molar-refractivity contribution in [2.45, 2.75) is 112 Å². The summed E-state index contributed by atoms with van der Waals surface area (Å²) in [6.07, 6.45) is 13.8. The van der Waals surface area contributed by atoms with Gasteiger partial charge in [-0.3, -0.25) is 0 Å². The van der Waals surface area contributed by atoms with Crippen LogP contribution in [0.2, 0.25) is 0 Å². The fraction of sp³-hybridized carbons (Fsp3) is 1.00. The predicted molar refractivity (Wildman–Crippen MR) is 119 cm³/mol. The summed E-state index contributed by atoms with van der Waals surface area (Å²) < 4.78 is 0. The molecule has 0 bridgehead atoms. The molecule has 0 aliphatic heterocycles. The Hall–Kier alpha value is 0.870. The van der Waals surface area contributed by atoms with Crippen molar-refractivity contribution in [1.29, 1.82) is 0 Å². The van der Waals surface area contributed by atoms with Gasteiger partial charge in [0.15, 0.2) is 0 Å². The Bertz CT molecular complexity index is 313. The predicted octanol–water partition coefficient (Wildman–Crippen LogP) is 7.83. The first-order valence-corrected chi connectivity index (χ1v) is 15.4. The molecule has 0 aromatic rings. The molecule has 0 aromatic heterocycles. The van der Waals surface area contributed by atoms with Gasteiger partial charge in [0.05, 0.1) is 0 Å². The van der Waals surface area contributed by atoms with Crippen LogP contribution in [0.15, 0.2) is 0 Å². The SMILES string of the molecule is CCCCP(Br)(CCCC)(CCCC)[C@H](CCC)[C@@H](O)C(C)(C)C. The van der Waals surface area contributed by atoms with E-state index in [9.17, 15) is 5.11 Å². The van der Waals surface area contributed by atoms with Crippen LogP contribution in [0.1, 0.15) is 99.8 Å². The Morgan fingerprint density at radius 3 is 1.42 bits per heavy atom. The van der Waals surface area contributed by atoms with Crippen molar-refractivity contribution in [3.8, 4) is 0 Å². The van der Waals surface area contributed by atoms with Gasteiger partial charge < -0.3 is 0 Å². The first-order chi connectivity index (χ1) is 11.1. The number of aliphatic hydroxyl groups is 1. The molecule has 0 aliphatic carbocycles. The van der Waals surface area contributed by atoms with E-state index in [1.165, 1.54) is 69.9 Å². The van der Waals surface area contributed by atoms with Gasteiger partial charge >= 0.3 is 161 Å². The molecule has 0 saturated heterocycles. The van der Waals surface area contributed by atoms with Crippen molar-refractivity contribution < 1.29 is 5.11 Å². The molecule has 0 heterocycles. The molecule has 0 amide bonds. The summed E-state index contributed by atoms with van der Waals surface area (Å²) in [6.45, 7) is 15.9. The molecule has 1 nitrogen and oxygen atoms in total. The Labute approximate surface area is 161 Å². The quantitative estimate of drug-likeness (QED) is 0.298. The van der Waals surface area contributed by atoms with Gasteiger partial charge in [-0.15, -0.1) is 0 Å². The molecule has 1 N–H and O–H groups in total. The second-order valence-corrected chi connectivity index (χ2v) is 20.2. The fourth-order valence-electron chi connectivity index (χ4n) is 4.14. The van der Waals surface area contributed by atoms with Gasteiger partial charge in [0, 0.05) is 0 Å². The summed E-state index contributed by atoms with van der Waals surface area (Å²) in [5.41, 5.74) is 0.409. The number of aliphatic hydroxyl groups excluding tert-OH is 1. The Balaban J connectivity index is 6.00. The molecular weight excluding hydrogens is 379 g/mol. The van der Waals surface area contributed by atoms with Crippen molar-refractivity contribution >= 4 is 20.8 Å². The van der Waals surface area contributed by atoms with Crippen LogP contribution >= 0.6 is 20.8 Å². The zero-order valence-electron chi connectivity index (χ0n) is 17.7. The van der Waals surface area contributed by atoms with Crippen LogP contribution in [0, 0.1) is 5.41 Å². The second-order valence-electron chi connectivity index (χ2n) is 9.07. The molecule has 0 fully saturated rings. The van der Waals surface area contributed by atoms with Gasteiger partial charge in [-0.1, -0.05) is 0 Å². The first-order valence-electron chi connectivity index (χ1n) is 10.5. The molecule has 0 aromatic carbocycles. The number of hydrogen-bond acceptors (Lipinski definition) is 1. The Kier molecular flexibility index (Phi) is 11.3. The monoisotopic (exact) mass is 424 g/mol. The minimum absolute atomic E-state index is 0.0403. The topological polar surface area (TPSA) is 20.2 Å². The molecule has 148 valence electrons. The second kappa shape index (κ2) is 10.9. The van der Waals surface area contributed by atoms with Crippen LogP contribution in [0.5, 0.6) is 0 Å². The van der Waals surface area contributed by atoms with Crippen molar-refractivity contribution in [2.24, 2.45) is 5.41 Å². The third kappa shape index (κ3) is 6.88. The molecule has 2 atom stereocenters. The normalized spacial score (nSPS) is 17.3. The summed E-state index contributed by atoms with van der Waals surface area (Å²) in [4.78, 5) is 0. The van der Waals surface area contributed by atoms with Crippen LogP contribution in [-0.4, -0.2) is 35.4 Å². The van der Waals surface area contributed by atoms with Crippen LogP contribution in [0.25, 0.3) is 0 Å². The van der Waals surface area contributed by atoms with E-state index in [2.05, 4.69) is 64.0 Å². The maximum absolute atomic E-state index is 11.4. The minimum atomic E-state index is -2.12. The van der Waals surface area contributed by atoms with Crippen molar-refractivity contribution in [1.82, 2.24) is 0 Å². The van der Waals surface area contributed by atoms with Gasteiger partial charge in [0.25, 0.3) is 0 Å². The summed E-state index contributed by atoms with van der Waals surface area (Å²) in [7, 11) is 0.